The number of benzene rings is 1. The number of nitrogens with zero attached hydrogens (tertiary/aromatic N) is 1. The van der Waals surface area contributed by atoms with Crippen molar-refractivity contribution in [1.82, 2.24) is 14.9 Å². The molecule has 0 radical (unpaired) electrons. The fraction of sp³-hybridized carbons (Fsp3) is 0.316. The van der Waals surface area contributed by atoms with Crippen molar-refractivity contribution in [3.05, 3.63) is 63.2 Å². The number of carbonyl (C=O) groups is 1. The molecular weight excluding hydrogens is 350 g/mol. The van der Waals surface area contributed by atoms with E-state index in [2.05, 4.69) is 23.0 Å². The van der Waals surface area contributed by atoms with Crippen molar-refractivity contribution in [2.75, 3.05) is 19.8 Å². The van der Waals surface area contributed by atoms with Crippen molar-refractivity contribution in [3.8, 4) is 0 Å². The maximum atomic E-state index is 12.5. The molecule has 6 nitrogen and oxygen atoms in total. The average Bonchev–Trinajstić information content (AvgIpc) is 2.65. The molecule has 0 saturated heterocycles. The molecule has 2 N–H and O–H groups in total. The van der Waals surface area contributed by atoms with E-state index in [-0.39, 0.29) is 11.5 Å². The summed E-state index contributed by atoms with van der Waals surface area (Å²) >= 11 is 5.23. The van der Waals surface area contributed by atoms with Gasteiger partial charge in [-0.25, -0.2) is 0 Å². The van der Waals surface area contributed by atoms with Gasteiger partial charge in [-0.05, 0) is 43.3 Å². The Bertz CT molecular complexity index is 988. The summed E-state index contributed by atoms with van der Waals surface area (Å²) in [6.45, 7) is 5.94. The van der Waals surface area contributed by atoms with Crippen molar-refractivity contribution in [2.45, 2.75) is 19.4 Å². The Morgan fingerprint density at radius 1 is 1.46 bits per heavy atom. The van der Waals surface area contributed by atoms with Crippen molar-refractivity contribution in [2.24, 2.45) is 0 Å². The molecule has 0 saturated carbocycles. The number of carbonyl (C=O) groups excluding carboxylic acids is 1. The van der Waals surface area contributed by atoms with Crippen LogP contribution in [-0.2, 0) is 11.3 Å². The maximum absolute atomic E-state index is 12.5. The van der Waals surface area contributed by atoms with Crippen molar-refractivity contribution in [1.29, 1.82) is 0 Å². The highest BCUT2D eigenvalue weighted by molar-refractivity contribution is 7.71. The summed E-state index contributed by atoms with van der Waals surface area (Å²) < 4.78 is 7.02. The van der Waals surface area contributed by atoms with Crippen LogP contribution in [0.25, 0.3) is 10.9 Å². The van der Waals surface area contributed by atoms with Gasteiger partial charge in [0.1, 0.15) is 0 Å². The zero-order chi connectivity index (χ0) is 18.5. The minimum atomic E-state index is -0.193. The molecule has 3 rings (SSSR count). The van der Waals surface area contributed by atoms with Crippen LogP contribution in [0.15, 0.2) is 47.3 Å². The number of nitrogens with one attached hydrogen (secondary N) is 2. The van der Waals surface area contributed by atoms with Crippen LogP contribution < -0.4 is 10.9 Å². The first-order chi connectivity index (χ1) is 12.6. The molecule has 0 bridgehead atoms. The predicted octanol–water partition coefficient (Wildman–Crippen LogP) is 2.71. The SMILES string of the molecule is C=CCn1c(=S)[nH]c2cc(C(=O)NCCC3=CCOCC3)ccc2c1=O. The number of allylic oxidation sites excluding steroid dienone is 1. The summed E-state index contributed by atoms with van der Waals surface area (Å²) in [6.07, 6.45) is 5.42. The summed E-state index contributed by atoms with van der Waals surface area (Å²) in [5.74, 6) is -0.172. The van der Waals surface area contributed by atoms with E-state index in [1.807, 2.05) is 0 Å². The van der Waals surface area contributed by atoms with Gasteiger partial charge in [0.25, 0.3) is 11.5 Å². The smallest absolute Gasteiger partial charge is 0.262 e. The van der Waals surface area contributed by atoms with Gasteiger partial charge in [0.05, 0.1) is 24.1 Å². The van der Waals surface area contributed by atoms with Crippen molar-refractivity contribution in [3.63, 3.8) is 0 Å². The van der Waals surface area contributed by atoms with E-state index in [4.69, 9.17) is 17.0 Å². The van der Waals surface area contributed by atoms with E-state index in [9.17, 15) is 9.59 Å². The fourth-order valence-corrected chi connectivity index (χ4v) is 3.19. The normalized spacial score (nSPS) is 14.1. The first-order valence-electron chi connectivity index (χ1n) is 8.52. The predicted molar refractivity (Wildman–Crippen MR) is 104 cm³/mol. The second-order valence-electron chi connectivity index (χ2n) is 6.09. The second kappa shape index (κ2) is 8.25. The summed E-state index contributed by atoms with van der Waals surface area (Å²) in [5.41, 5.74) is 2.16. The second-order valence-corrected chi connectivity index (χ2v) is 6.47. The average molecular weight is 371 g/mol. The Morgan fingerprint density at radius 3 is 3.04 bits per heavy atom. The lowest BCUT2D eigenvalue weighted by Gasteiger charge is -2.13. The zero-order valence-corrected chi connectivity index (χ0v) is 15.2. The maximum Gasteiger partial charge on any atom is 0.262 e. The van der Waals surface area contributed by atoms with Crippen LogP contribution in [-0.4, -0.2) is 35.2 Å². The molecular formula is C19H21N3O3S. The minimum absolute atomic E-state index is 0.172. The molecule has 1 aromatic heterocycles. The Kier molecular flexibility index (Phi) is 5.80. The Morgan fingerprint density at radius 2 is 2.31 bits per heavy atom. The van der Waals surface area contributed by atoms with Crippen LogP contribution >= 0.6 is 12.2 Å². The highest BCUT2D eigenvalue weighted by Gasteiger charge is 2.10. The molecule has 0 unspecified atom stereocenters. The number of rotatable bonds is 6. The van der Waals surface area contributed by atoms with E-state index in [0.29, 0.717) is 40.9 Å². The van der Waals surface area contributed by atoms with Crippen LogP contribution in [0.5, 0.6) is 0 Å². The molecule has 0 spiro atoms. The van der Waals surface area contributed by atoms with E-state index in [0.717, 1.165) is 19.4 Å². The van der Waals surface area contributed by atoms with Gasteiger partial charge in [-0.3, -0.25) is 14.2 Å². The molecule has 0 fully saturated rings. The number of H-pyrrole nitrogens is 1. The Labute approximate surface area is 156 Å². The van der Waals surface area contributed by atoms with Gasteiger partial charge >= 0.3 is 0 Å². The van der Waals surface area contributed by atoms with Gasteiger partial charge in [-0.2, -0.15) is 0 Å². The number of fused-ring (bicyclic) bond motifs is 1. The topological polar surface area (TPSA) is 76.1 Å². The molecule has 1 aliphatic rings. The van der Waals surface area contributed by atoms with Gasteiger partial charge < -0.3 is 15.0 Å². The highest BCUT2D eigenvalue weighted by atomic mass is 32.1. The molecule has 136 valence electrons. The number of amides is 1. The lowest BCUT2D eigenvalue weighted by molar-refractivity contribution is 0.0953. The first kappa shape index (κ1) is 18.3. The molecule has 1 aliphatic heterocycles. The van der Waals surface area contributed by atoms with E-state index < -0.39 is 0 Å². The lowest BCUT2D eigenvalue weighted by Crippen LogP contribution is -2.26. The summed E-state index contributed by atoms with van der Waals surface area (Å²) in [4.78, 5) is 27.9. The third kappa shape index (κ3) is 4.00. The van der Waals surface area contributed by atoms with Crippen LogP contribution in [0, 0.1) is 4.77 Å². The molecule has 0 atom stereocenters. The summed E-state index contributed by atoms with van der Waals surface area (Å²) in [5, 5.41) is 3.40. The van der Waals surface area contributed by atoms with E-state index >= 15 is 0 Å². The largest absolute Gasteiger partial charge is 0.377 e. The molecule has 2 aromatic rings. The van der Waals surface area contributed by atoms with Gasteiger partial charge in [0.2, 0.25) is 0 Å². The Hall–Kier alpha value is -2.51. The Balaban J connectivity index is 1.75. The van der Waals surface area contributed by atoms with Crippen molar-refractivity contribution < 1.29 is 9.53 Å². The standard InChI is InChI=1S/C19H21N3O3S/c1-2-9-22-18(24)15-4-3-14(12-16(15)21-19(22)26)17(23)20-8-5-13-6-10-25-11-7-13/h2-4,6,12H,1,5,7-11H2,(H,20,23)(H,21,26). The molecule has 7 heteroatoms. The highest BCUT2D eigenvalue weighted by Crippen LogP contribution is 2.13. The van der Waals surface area contributed by atoms with Crippen LogP contribution in [0.1, 0.15) is 23.2 Å². The summed E-state index contributed by atoms with van der Waals surface area (Å²) in [7, 11) is 0. The van der Waals surface area contributed by atoms with Crippen LogP contribution in [0.2, 0.25) is 0 Å². The quantitative estimate of drug-likeness (QED) is 0.605. The molecule has 1 aromatic carbocycles. The minimum Gasteiger partial charge on any atom is -0.377 e. The van der Waals surface area contributed by atoms with Crippen LogP contribution in [0.4, 0.5) is 0 Å². The monoisotopic (exact) mass is 371 g/mol. The third-order valence-electron chi connectivity index (χ3n) is 4.34. The molecule has 0 aliphatic carbocycles. The summed E-state index contributed by atoms with van der Waals surface area (Å²) in [6, 6.07) is 4.97. The van der Waals surface area contributed by atoms with E-state index in [1.165, 1.54) is 10.1 Å². The molecule has 2 heterocycles. The van der Waals surface area contributed by atoms with Gasteiger partial charge in [-0.15, -0.1) is 6.58 Å². The fourth-order valence-electron chi connectivity index (χ4n) is 2.92. The molecule has 1 amide bonds. The molecule has 26 heavy (non-hydrogen) atoms. The van der Waals surface area contributed by atoms with Gasteiger partial charge in [-0.1, -0.05) is 17.7 Å². The first-order valence-corrected chi connectivity index (χ1v) is 8.92. The van der Waals surface area contributed by atoms with Crippen LogP contribution in [0.3, 0.4) is 0 Å². The third-order valence-corrected chi connectivity index (χ3v) is 4.67. The number of aromatic amines is 1. The number of aromatic nitrogens is 2. The number of ether oxygens (including phenoxy) is 1. The van der Waals surface area contributed by atoms with Gasteiger partial charge in [0, 0.05) is 18.7 Å². The number of hydrogen-bond acceptors (Lipinski definition) is 4. The van der Waals surface area contributed by atoms with Gasteiger partial charge in [0.15, 0.2) is 4.77 Å². The van der Waals surface area contributed by atoms with E-state index in [1.54, 1.807) is 24.3 Å². The van der Waals surface area contributed by atoms with Crippen molar-refractivity contribution >= 4 is 29.0 Å². The lowest BCUT2D eigenvalue weighted by atomic mass is 10.1. The number of hydrogen-bond donors (Lipinski definition) is 2. The zero-order valence-electron chi connectivity index (χ0n) is 14.4.